The highest BCUT2D eigenvalue weighted by atomic mass is 16.8. The van der Waals surface area contributed by atoms with E-state index < -0.39 is 7.32 Å². The van der Waals surface area contributed by atoms with Crippen LogP contribution in [0.1, 0.15) is 0 Å². The summed E-state index contributed by atoms with van der Waals surface area (Å²) in [6.07, 6.45) is 0. The molecule has 0 spiro atoms. The van der Waals surface area contributed by atoms with E-state index in [2.05, 4.69) is 9.97 Å². The molecule has 1 aromatic heterocycles. The fourth-order valence-electron chi connectivity index (χ4n) is 2.37. The molecule has 3 aromatic rings. The molecule has 2 aromatic carbocycles. The number of fused-ring (bicyclic) bond motifs is 4. The van der Waals surface area contributed by atoms with Crippen molar-refractivity contribution in [3.8, 4) is 17.2 Å². The van der Waals surface area contributed by atoms with Crippen molar-refractivity contribution in [2.45, 2.75) is 0 Å². The van der Waals surface area contributed by atoms with Crippen LogP contribution >= 0.6 is 0 Å². The molecule has 2 aliphatic heterocycles. The first-order valence-corrected chi connectivity index (χ1v) is 5.62. The van der Waals surface area contributed by atoms with Gasteiger partial charge in [-0.3, -0.25) is 0 Å². The number of aromatic nitrogens is 2. The summed E-state index contributed by atoms with van der Waals surface area (Å²) < 4.78 is 16.3. The molecule has 0 amide bonds. The van der Waals surface area contributed by atoms with E-state index in [1.807, 2.05) is 30.3 Å². The molecule has 0 unspecified atom stereocenters. The van der Waals surface area contributed by atoms with E-state index >= 15 is 0 Å². The summed E-state index contributed by atoms with van der Waals surface area (Å²) in [6.45, 7) is 0. The van der Waals surface area contributed by atoms with Gasteiger partial charge < -0.3 is 14.0 Å². The molecule has 84 valence electrons. The maximum absolute atomic E-state index is 5.50. The Kier molecular flexibility index (Phi) is 1.27. The van der Waals surface area contributed by atoms with Gasteiger partial charge in [0.05, 0.1) is 16.6 Å². The van der Waals surface area contributed by atoms with Crippen molar-refractivity contribution in [1.82, 2.24) is 9.97 Å². The van der Waals surface area contributed by atoms with Gasteiger partial charge >= 0.3 is 7.32 Å². The largest absolute Gasteiger partial charge is 0.864 e. The molecule has 6 heteroatoms. The third-order valence-electron chi connectivity index (χ3n) is 3.16. The van der Waals surface area contributed by atoms with Crippen molar-refractivity contribution in [2.24, 2.45) is 0 Å². The van der Waals surface area contributed by atoms with Crippen LogP contribution in [0.5, 0.6) is 17.2 Å². The third-order valence-corrected chi connectivity index (χ3v) is 3.16. The van der Waals surface area contributed by atoms with Crippen LogP contribution in [0.25, 0.3) is 22.1 Å². The van der Waals surface area contributed by atoms with Gasteiger partial charge in [0.15, 0.2) is 17.2 Å². The molecular weight excluding hydrogens is 231 g/mol. The highest BCUT2D eigenvalue weighted by Crippen LogP contribution is 2.50. The lowest BCUT2D eigenvalue weighted by Gasteiger charge is -2.11. The Bertz CT molecular complexity index is 834. The van der Waals surface area contributed by atoms with E-state index in [0.717, 1.165) is 22.1 Å². The van der Waals surface area contributed by atoms with Crippen molar-refractivity contribution in [1.29, 1.82) is 0 Å². The van der Waals surface area contributed by atoms with Gasteiger partial charge in [-0.15, -0.1) is 0 Å². The number of hydrogen-bond acceptors (Lipinski definition) is 5. The number of rotatable bonds is 0. The number of para-hydroxylation sites is 2. The molecule has 0 fully saturated rings. The van der Waals surface area contributed by atoms with Gasteiger partial charge in [0.2, 0.25) is 0 Å². The molecule has 0 saturated carbocycles. The van der Waals surface area contributed by atoms with Crippen LogP contribution in [0.2, 0.25) is 0 Å². The van der Waals surface area contributed by atoms with Gasteiger partial charge in [-0.2, -0.15) is 0 Å². The van der Waals surface area contributed by atoms with Gasteiger partial charge in [0.1, 0.15) is 5.52 Å². The van der Waals surface area contributed by atoms with Gasteiger partial charge in [-0.1, -0.05) is 12.1 Å². The molecule has 3 heterocycles. The van der Waals surface area contributed by atoms with Crippen molar-refractivity contribution >= 4 is 29.4 Å². The minimum Gasteiger partial charge on any atom is -0.486 e. The zero-order valence-electron chi connectivity index (χ0n) is 9.08. The van der Waals surface area contributed by atoms with Crippen molar-refractivity contribution in [3.63, 3.8) is 0 Å². The summed E-state index contributed by atoms with van der Waals surface area (Å²) >= 11 is 0. The summed E-state index contributed by atoms with van der Waals surface area (Å²) in [5.74, 6) is 1.95. The first kappa shape index (κ1) is 8.57. The molecular formula is C12H5BN2O3. The topological polar surface area (TPSA) is 53.5 Å². The SMILES string of the molecule is c1ccc2nc3c4c5c(cc3nc2c1)OB(O5)O4. The third kappa shape index (κ3) is 0.898. The van der Waals surface area contributed by atoms with Crippen LogP contribution in [0.15, 0.2) is 30.3 Å². The van der Waals surface area contributed by atoms with Gasteiger partial charge in [-0.05, 0) is 12.1 Å². The lowest BCUT2D eigenvalue weighted by molar-refractivity contribution is 0.385. The summed E-state index contributed by atoms with van der Waals surface area (Å²) in [5.41, 5.74) is 3.17. The van der Waals surface area contributed by atoms with E-state index in [1.54, 1.807) is 0 Å². The van der Waals surface area contributed by atoms with E-state index in [-0.39, 0.29) is 0 Å². The second-order valence-electron chi connectivity index (χ2n) is 4.26. The smallest absolute Gasteiger partial charge is 0.486 e. The standard InChI is InChI=1S/C12H5BN2O3/c1-2-4-7-6(3-1)14-8-5-9-11-12(10(8)15-7)18-13(16-9)17-11/h1-5H. The first-order chi connectivity index (χ1) is 8.88. The van der Waals surface area contributed by atoms with Crippen molar-refractivity contribution < 1.29 is 14.0 Å². The van der Waals surface area contributed by atoms with Crippen LogP contribution in [0, 0.1) is 0 Å². The summed E-state index contributed by atoms with van der Waals surface area (Å²) in [5, 5.41) is 0. The number of hydrogen-bond donors (Lipinski definition) is 0. The Morgan fingerprint density at radius 2 is 1.61 bits per heavy atom. The van der Waals surface area contributed by atoms with E-state index in [4.69, 9.17) is 14.0 Å². The second-order valence-corrected chi connectivity index (χ2v) is 4.26. The zero-order valence-corrected chi connectivity index (χ0v) is 9.08. The Balaban J connectivity index is 1.99. The Hall–Kier alpha value is -2.50. The average molecular weight is 236 g/mol. The minimum atomic E-state index is -0.650. The molecule has 5 rings (SSSR count). The molecule has 2 aliphatic rings. The van der Waals surface area contributed by atoms with Gasteiger partial charge in [0.25, 0.3) is 0 Å². The molecule has 18 heavy (non-hydrogen) atoms. The number of nitrogens with zero attached hydrogens (tertiary/aromatic N) is 2. The molecule has 0 radical (unpaired) electrons. The fourth-order valence-corrected chi connectivity index (χ4v) is 2.37. The molecule has 2 bridgehead atoms. The first-order valence-electron chi connectivity index (χ1n) is 5.62. The summed E-state index contributed by atoms with van der Waals surface area (Å²) in [7, 11) is -0.650. The molecule has 0 atom stereocenters. The normalized spacial score (nSPS) is 14.8. The Morgan fingerprint density at radius 1 is 0.833 bits per heavy atom. The molecule has 0 saturated heterocycles. The minimum absolute atomic E-state index is 0.636. The van der Waals surface area contributed by atoms with Crippen LogP contribution in [-0.4, -0.2) is 17.3 Å². The van der Waals surface area contributed by atoms with Crippen molar-refractivity contribution in [2.75, 3.05) is 0 Å². The lowest BCUT2D eigenvalue weighted by atomic mass is 10.2. The Morgan fingerprint density at radius 3 is 2.44 bits per heavy atom. The molecule has 0 aliphatic carbocycles. The summed E-state index contributed by atoms with van der Waals surface area (Å²) in [6, 6.07) is 9.58. The van der Waals surface area contributed by atoms with E-state index in [9.17, 15) is 0 Å². The fraction of sp³-hybridized carbons (Fsp3) is 0. The quantitative estimate of drug-likeness (QED) is 0.441. The highest BCUT2D eigenvalue weighted by molar-refractivity contribution is 6.44. The summed E-state index contributed by atoms with van der Waals surface area (Å²) in [4.78, 5) is 9.15. The highest BCUT2D eigenvalue weighted by Gasteiger charge is 2.48. The molecule has 5 nitrogen and oxygen atoms in total. The second kappa shape index (κ2) is 2.67. The van der Waals surface area contributed by atoms with E-state index in [1.165, 1.54) is 0 Å². The van der Waals surface area contributed by atoms with Crippen LogP contribution in [0.4, 0.5) is 0 Å². The van der Waals surface area contributed by atoms with Crippen LogP contribution in [-0.2, 0) is 0 Å². The van der Waals surface area contributed by atoms with E-state index in [0.29, 0.717) is 17.2 Å². The zero-order chi connectivity index (χ0) is 11.7. The van der Waals surface area contributed by atoms with Crippen molar-refractivity contribution in [3.05, 3.63) is 30.3 Å². The monoisotopic (exact) mass is 236 g/mol. The maximum atomic E-state index is 5.50. The molecule has 0 N–H and O–H groups in total. The maximum Gasteiger partial charge on any atom is 0.864 e. The predicted octanol–water partition coefficient (Wildman–Crippen LogP) is 1.93. The van der Waals surface area contributed by atoms with Crippen LogP contribution < -0.4 is 14.0 Å². The number of benzene rings is 2. The van der Waals surface area contributed by atoms with Crippen LogP contribution in [0.3, 0.4) is 0 Å². The van der Waals surface area contributed by atoms with Gasteiger partial charge in [0, 0.05) is 6.07 Å². The lowest BCUT2D eigenvalue weighted by Crippen LogP contribution is -2.29. The average Bonchev–Trinajstić information content (AvgIpc) is 2.97. The Labute approximate surface area is 101 Å². The predicted molar refractivity (Wildman–Crippen MR) is 64.7 cm³/mol. The van der Waals surface area contributed by atoms with Gasteiger partial charge in [-0.25, -0.2) is 9.97 Å².